The normalized spacial score (nSPS) is 11.0. The highest BCUT2D eigenvalue weighted by atomic mass is 16.5. The minimum Gasteiger partial charge on any atom is -0.483 e. The van der Waals surface area contributed by atoms with E-state index in [1.807, 2.05) is 6.92 Å². The topological polar surface area (TPSA) is 21.6 Å². The van der Waals surface area contributed by atoms with E-state index in [1.165, 1.54) is 29.5 Å². The van der Waals surface area contributed by atoms with Crippen LogP contribution in [0.5, 0.6) is 0 Å². The van der Waals surface area contributed by atoms with Gasteiger partial charge in [0.15, 0.2) is 6.40 Å². The number of aryl methyl sites for hydroxylation is 3. The first-order valence-electron chi connectivity index (χ1n) is 5.93. The maximum absolute atomic E-state index is 5.12. The molecule has 2 heteroatoms. The fourth-order valence-electron chi connectivity index (χ4n) is 1.71. The van der Waals surface area contributed by atoms with Crippen molar-refractivity contribution in [2.24, 2.45) is 4.99 Å². The smallest absolute Gasteiger partial charge is 0.174 e. The lowest BCUT2D eigenvalue weighted by Gasteiger charge is -2.08. The molecule has 0 bridgehead atoms. The van der Waals surface area contributed by atoms with Gasteiger partial charge in [0.05, 0.1) is 12.3 Å². The molecular weight excluding hydrogens is 198 g/mol. The molecule has 16 heavy (non-hydrogen) atoms. The summed E-state index contributed by atoms with van der Waals surface area (Å²) < 4.78 is 5.12. The fourth-order valence-corrected chi connectivity index (χ4v) is 1.71. The molecule has 0 saturated heterocycles. The molecule has 1 rings (SSSR count). The Labute approximate surface area is 98.4 Å². The summed E-state index contributed by atoms with van der Waals surface area (Å²) in [6, 6.07) is 4.37. The van der Waals surface area contributed by atoms with E-state index in [1.54, 1.807) is 0 Å². The predicted molar refractivity (Wildman–Crippen MR) is 69.7 cm³/mol. The summed E-state index contributed by atoms with van der Waals surface area (Å²) in [5, 5.41) is 0. The van der Waals surface area contributed by atoms with Gasteiger partial charge in [0, 0.05) is 0 Å². The first-order valence-corrected chi connectivity index (χ1v) is 5.93. The van der Waals surface area contributed by atoms with Crippen LogP contribution in [0.25, 0.3) is 0 Å². The standard InChI is InChI=1S/C14H21NO/c1-5-7-13-8-12(4)14(9-11(13)3)15-10-16-6-2/h8-10H,5-7H2,1-4H3. The lowest BCUT2D eigenvalue weighted by Crippen LogP contribution is -1.91. The van der Waals surface area contributed by atoms with Crippen molar-refractivity contribution >= 4 is 12.1 Å². The Morgan fingerprint density at radius 1 is 1.19 bits per heavy atom. The Kier molecular flexibility index (Phi) is 5.03. The lowest BCUT2D eigenvalue weighted by atomic mass is 10.0. The van der Waals surface area contributed by atoms with Crippen molar-refractivity contribution in [3.05, 3.63) is 28.8 Å². The van der Waals surface area contributed by atoms with Crippen LogP contribution in [0.15, 0.2) is 17.1 Å². The molecule has 2 nitrogen and oxygen atoms in total. The molecule has 0 unspecified atom stereocenters. The van der Waals surface area contributed by atoms with Gasteiger partial charge in [0.1, 0.15) is 0 Å². The number of hydrogen-bond donors (Lipinski definition) is 0. The molecule has 0 amide bonds. The average Bonchev–Trinajstić information content (AvgIpc) is 2.25. The van der Waals surface area contributed by atoms with Crippen molar-refractivity contribution < 1.29 is 4.74 Å². The Morgan fingerprint density at radius 3 is 2.56 bits per heavy atom. The van der Waals surface area contributed by atoms with Crippen LogP contribution < -0.4 is 0 Å². The van der Waals surface area contributed by atoms with Gasteiger partial charge in [0.2, 0.25) is 0 Å². The van der Waals surface area contributed by atoms with Gasteiger partial charge < -0.3 is 4.74 Å². The Morgan fingerprint density at radius 2 is 1.94 bits per heavy atom. The van der Waals surface area contributed by atoms with E-state index in [0.717, 1.165) is 12.1 Å². The first-order chi connectivity index (χ1) is 7.69. The predicted octanol–water partition coefficient (Wildman–Crippen LogP) is 3.95. The third-order valence-electron chi connectivity index (χ3n) is 2.61. The number of benzene rings is 1. The van der Waals surface area contributed by atoms with Crippen molar-refractivity contribution in [2.45, 2.75) is 40.5 Å². The maximum Gasteiger partial charge on any atom is 0.174 e. The summed E-state index contributed by atoms with van der Waals surface area (Å²) in [5.41, 5.74) is 4.96. The van der Waals surface area contributed by atoms with Crippen LogP contribution in [0, 0.1) is 13.8 Å². The summed E-state index contributed by atoms with van der Waals surface area (Å²) in [5.74, 6) is 0. The quantitative estimate of drug-likeness (QED) is 0.542. The van der Waals surface area contributed by atoms with E-state index in [-0.39, 0.29) is 0 Å². The molecule has 0 aromatic heterocycles. The zero-order valence-corrected chi connectivity index (χ0v) is 10.7. The van der Waals surface area contributed by atoms with Gasteiger partial charge in [0.25, 0.3) is 0 Å². The number of ether oxygens (including phenoxy) is 1. The molecule has 0 saturated carbocycles. The molecule has 88 valence electrons. The molecular formula is C14H21NO. The van der Waals surface area contributed by atoms with Gasteiger partial charge >= 0.3 is 0 Å². The highest BCUT2D eigenvalue weighted by Gasteiger charge is 2.02. The summed E-state index contributed by atoms with van der Waals surface area (Å²) in [4.78, 5) is 4.31. The molecule has 0 aliphatic rings. The van der Waals surface area contributed by atoms with Crippen molar-refractivity contribution in [3.63, 3.8) is 0 Å². The van der Waals surface area contributed by atoms with Gasteiger partial charge in [-0.25, -0.2) is 4.99 Å². The van der Waals surface area contributed by atoms with Crippen LogP contribution in [0.2, 0.25) is 0 Å². The molecule has 0 radical (unpaired) electrons. The second-order valence-electron chi connectivity index (χ2n) is 4.01. The molecule has 0 heterocycles. The van der Waals surface area contributed by atoms with Crippen LogP contribution in [0.4, 0.5) is 5.69 Å². The van der Waals surface area contributed by atoms with Gasteiger partial charge in [-0.2, -0.15) is 0 Å². The Hall–Kier alpha value is -1.31. The molecule has 0 aliphatic carbocycles. The van der Waals surface area contributed by atoms with Crippen molar-refractivity contribution in [1.29, 1.82) is 0 Å². The molecule has 1 aromatic carbocycles. The van der Waals surface area contributed by atoms with E-state index < -0.39 is 0 Å². The molecule has 1 aromatic rings. The monoisotopic (exact) mass is 219 g/mol. The van der Waals surface area contributed by atoms with Crippen molar-refractivity contribution in [1.82, 2.24) is 0 Å². The van der Waals surface area contributed by atoms with Crippen LogP contribution >= 0.6 is 0 Å². The summed E-state index contributed by atoms with van der Waals surface area (Å²) in [6.45, 7) is 9.06. The van der Waals surface area contributed by atoms with Crippen LogP contribution in [0.1, 0.15) is 37.0 Å². The van der Waals surface area contributed by atoms with Crippen molar-refractivity contribution in [3.8, 4) is 0 Å². The Bertz CT molecular complexity index is 369. The fraction of sp³-hybridized carbons (Fsp3) is 0.500. The number of aliphatic imine (C=N–C) groups is 1. The van der Waals surface area contributed by atoms with Gasteiger partial charge in [-0.15, -0.1) is 0 Å². The molecule has 0 fully saturated rings. The second-order valence-corrected chi connectivity index (χ2v) is 4.01. The Balaban J connectivity index is 2.91. The molecule has 0 aliphatic heterocycles. The third-order valence-corrected chi connectivity index (χ3v) is 2.61. The zero-order valence-electron chi connectivity index (χ0n) is 10.7. The summed E-state index contributed by atoms with van der Waals surface area (Å²) >= 11 is 0. The summed E-state index contributed by atoms with van der Waals surface area (Å²) in [7, 11) is 0. The first kappa shape index (κ1) is 12.8. The van der Waals surface area contributed by atoms with Gasteiger partial charge in [-0.05, 0) is 49.9 Å². The minimum atomic E-state index is 0.662. The second kappa shape index (κ2) is 6.31. The van der Waals surface area contributed by atoms with Gasteiger partial charge in [-0.1, -0.05) is 19.4 Å². The van der Waals surface area contributed by atoms with Crippen LogP contribution in [-0.4, -0.2) is 13.0 Å². The highest BCUT2D eigenvalue weighted by Crippen LogP contribution is 2.23. The SMILES string of the molecule is CCCc1cc(C)c(N=COCC)cc1C. The van der Waals surface area contributed by atoms with E-state index >= 15 is 0 Å². The molecule has 0 N–H and O–H groups in total. The highest BCUT2D eigenvalue weighted by molar-refractivity contribution is 5.60. The van der Waals surface area contributed by atoms with Crippen molar-refractivity contribution in [2.75, 3.05) is 6.61 Å². The van der Waals surface area contributed by atoms with Gasteiger partial charge in [-0.3, -0.25) is 0 Å². The van der Waals surface area contributed by atoms with E-state index in [4.69, 9.17) is 4.74 Å². The minimum absolute atomic E-state index is 0.662. The number of rotatable bonds is 5. The number of hydrogen-bond acceptors (Lipinski definition) is 2. The number of nitrogens with zero attached hydrogens (tertiary/aromatic N) is 1. The molecule has 0 spiro atoms. The van der Waals surface area contributed by atoms with Crippen LogP contribution in [0.3, 0.4) is 0 Å². The van der Waals surface area contributed by atoms with E-state index in [0.29, 0.717) is 6.61 Å². The van der Waals surface area contributed by atoms with E-state index in [2.05, 4.69) is 37.9 Å². The van der Waals surface area contributed by atoms with Crippen LogP contribution in [-0.2, 0) is 11.2 Å². The molecule has 0 atom stereocenters. The maximum atomic E-state index is 5.12. The summed E-state index contributed by atoms with van der Waals surface area (Å²) in [6.07, 6.45) is 3.85. The largest absolute Gasteiger partial charge is 0.483 e. The lowest BCUT2D eigenvalue weighted by molar-refractivity contribution is 0.344. The average molecular weight is 219 g/mol. The third kappa shape index (κ3) is 3.37. The van der Waals surface area contributed by atoms with E-state index in [9.17, 15) is 0 Å². The zero-order chi connectivity index (χ0) is 12.0.